The fourth-order valence-electron chi connectivity index (χ4n) is 3.44. The number of rotatable bonds is 6. The third-order valence-electron chi connectivity index (χ3n) is 4.72. The molecule has 2 saturated heterocycles. The van der Waals surface area contributed by atoms with Crippen LogP contribution in [0.1, 0.15) is 18.4 Å². The quantitative estimate of drug-likeness (QED) is 0.802. The number of hydrogen-bond acceptors (Lipinski definition) is 5. The Labute approximate surface area is 152 Å². The van der Waals surface area contributed by atoms with Gasteiger partial charge in [0.05, 0.1) is 6.54 Å². The Morgan fingerprint density at radius 3 is 2.80 bits per heavy atom. The van der Waals surface area contributed by atoms with Crippen molar-refractivity contribution in [1.29, 1.82) is 0 Å². The number of carboxylic acid groups (broad SMARTS) is 1. The molecule has 0 aromatic heterocycles. The van der Waals surface area contributed by atoms with Gasteiger partial charge in [0.15, 0.2) is 0 Å². The number of anilines is 1. The Hall–Kier alpha value is -1.57. The highest BCUT2D eigenvalue weighted by Gasteiger charge is 2.31. The van der Waals surface area contributed by atoms with E-state index in [9.17, 15) is 14.7 Å². The largest absolute Gasteiger partial charge is 0.480 e. The molecule has 1 amide bonds. The summed E-state index contributed by atoms with van der Waals surface area (Å²) in [5.41, 5.74) is 1.97. The normalized spacial score (nSPS) is 22.0. The molecule has 3 rings (SSSR count). The predicted octanol–water partition coefficient (Wildman–Crippen LogP) is 1.72. The number of carboxylic acids is 1. The van der Waals surface area contributed by atoms with Crippen molar-refractivity contribution in [3.63, 3.8) is 0 Å². The first kappa shape index (κ1) is 18.2. The van der Waals surface area contributed by atoms with Crippen molar-refractivity contribution in [1.82, 2.24) is 9.80 Å². The molecular weight excluding hydrogens is 338 g/mol. The van der Waals surface area contributed by atoms with Crippen LogP contribution in [-0.4, -0.2) is 70.5 Å². The van der Waals surface area contributed by atoms with Crippen molar-refractivity contribution >= 4 is 29.3 Å². The van der Waals surface area contributed by atoms with Crippen LogP contribution in [0.25, 0.3) is 0 Å². The maximum absolute atomic E-state index is 12.3. The van der Waals surface area contributed by atoms with E-state index < -0.39 is 12.0 Å². The van der Waals surface area contributed by atoms with Crippen LogP contribution in [-0.2, 0) is 16.1 Å². The maximum Gasteiger partial charge on any atom is 0.320 e. The smallest absolute Gasteiger partial charge is 0.320 e. The molecule has 136 valence electrons. The van der Waals surface area contributed by atoms with Gasteiger partial charge >= 0.3 is 5.97 Å². The highest BCUT2D eigenvalue weighted by atomic mass is 32.2. The number of nitrogens with zero attached hydrogens (tertiary/aromatic N) is 2. The van der Waals surface area contributed by atoms with E-state index in [4.69, 9.17) is 0 Å². The van der Waals surface area contributed by atoms with Gasteiger partial charge in [0.2, 0.25) is 5.91 Å². The molecule has 1 unspecified atom stereocenters. The van der Waals surface area contributed by atoms with Gasteiger partial charge in [-0.15, -0.1) is 0 Å². The van der Waals surface area contributed by atoms with Crippen LogP contribution in [0.2, 0.25) is 0 Å². The number of thioether (sulfide) groups is 1. The summed E-state index contributed by atoms with van der Waals surface area (Å²) in [5.74, 6) is 1.36. The second-order valence-electron chi connectivity index (χ2n) is 6.60. The molecule has 2 aliphatic rings. The molecule has 7 heteroatoms. The van der Waals surface area contributed by atoms with Gasteiger partial charge in [-0.05, 0) is 37.1 Å². The topological polar surface area (TPSA) is 72.9 Å². The minimum Gasteiger partial charge on any atom is -0.480 e. The lowest BCUT2D eigenvalue weighted by Gasteiger charge is -2.26. The minimum atomic E-state index is -0.841. The molecule has 0 spiro atoms. The monoisotopic (exact) mass is 363 g/mol. The van der Waals surface area contributed by atoms with Crippen LogP contribution in [0, 0.1) is 0 Å². The molecule has 0 saturated carbocycles. The number of carbonyl (C=O) groups excluding carboxylic acids is 1. The zero-order valence-corrected chi connectivity index (χ0v) is 15.1. The molecule has 6 nitrogen and oxygen atoms in total. The SMILES string of the molecule is O=C(CN1CCCC1C(=O)O)Nc1cccc(CN2CCSCC2)c1. The van der Waals surface area contributed by atoms with Gasteiger partial charge in [-0.1, -0.05) is 12.1 Å². The third-order valence-corrected chi connectivity index (χ3v) is 5.66. The zero-order valence-electron chi connectivity index (χ0n) is 14.3. The van der Waals surface area contributed by atoms with Gasteiger partial charge in [-0.3, -0.25) is 19.4 Å². The number of carbonyl (C=O) groups is 2. The molecule has 1 aromatic carbocycles. The fourth-order valence-corrected chi connectivity index (χ4v) is 4.42. The molecule has 0 bridgehead atoms. The lowest BCUT2D eigenvalue weighted by atomic mass is 10.2. The van der Waals surface area contributed by atoms with Gasteiger partial charge < -0.3 is 10.4 Å². The highest BCUT2D eigenvalue weighted by Crippen LogP contribution is 2.18. The lowest BCUT2D eigenvalue weighted by molar-refractivity contribution is -0.142. The molecule has 2 aliphatic heterocycles. The third kappa shape index (κ3) is 5.20. The van der Waals surface area contributed by atoms with Crippen molar-refractivity contribution in [2.75, 3.05) is 43.0 Å². The molecule has 0 radical (unpaired) electrons. The van der Waals surface area contributed by atoms with E-state index in [0.29, 0.717) is 13.0 Å². The summed E-state index contributed by atoms with van der Waals surface area (Å²) in [5, 5.41) is 12.1. The zero-order chi connectivity index (χ0) is 17.6. The number of amides is 1. The van der Waals surface area contributed by atoms with Crippen LogP contribution < -0.4 is 5.32 Å². The molecule has 2 fully saturated rings. The number of nitrogens with one attached hydrogen (secondary N) is 1. The van der Waals surface area contributed by atoms with Crippen molar-refractivity contribution in [3.05, 3.63) is 29.8 Å². The molecule has 2 heterocycles. The summed E-state index contributed by atoms with van der Waals surface area (Å²) in [4.78, 5) is 27.7. The first-order valence-corrected chi connectivity index (χ1v) is 9.93. The van der Waals surface area contributed by atoms with Crippen molar-refractivity contribution < 1.29 is 14.7 Å². The van der Waals surface area contributed by atoms with Gasteiger partial charge in [-0.25, -0.2) is 0 Å². The van der Waals surface area contributed by atoms with Crippen LogP contribution in [0.5, 0.6) is 0 Å². The Morgan fingerprint density at radius 1 is 1.24 bits per heavy atom. The van der Waals surface area contributed by atoms with Gasteiger partial charge in [0.25, 0.3) is 0 Å². The number of aliphatic carboxylic acids is 1. The van der Waals surface area contributed by atoms with Crippen molar-refractivity contribution in [2.45, 2.75) is 25.4 Å². The number of likely N-dealkylation sites (tertiary alicyclic amines) is 1. The number of hydrogen-bond donors (Lipinski definition) is 2. The highest BCUT2D eigenvalue weighted by molar-refractivity contribution is 7.99. The summed E-state index contributed by atoms with van der Waals surface area (Å²) in [6, 6.07) is 7.40. The first-order valence-electron chi connectivity index (χ1n) is 8.77. The molecule has 2 N–H and O–H groups in total. The minimum absolute atomic E-state index is 0.130. The first-order chi connectivity index (χ1) is 12.1. The Morgan fingerprint density at radius 2 is 2.04 bits per heavy atom. The van der Waals surface area contributed by atoms with Gasteiger partial charge in [-0.2, -0.15) is 11.8 Å². The van der Waals surface area contributed by atoms with E-state index in [2.05, 4.69) is 16.3 Å². The van der Waals surface area contributed by atoms with Crippen molar-refractivity contribution in [3.8, 4) is 0 Å². The predicted molar refractivity (Wildman–Crippen MR) is 99.9 cm³/mol. The van der Waals surface area contributed by atoms with Crippen LogP contribution in [0.4, 0.5) is 5.69 Å². The van der Waals surface area contributed by atoms with Crippen LogP contribution in [0.3, 0.4) is 0 Å². The van der Waals surface area contributed by atoms with E-state index >= 15 is 0 Å². The van der Waals surface area contributed by atoms with Crippen LogP contribution >= 0.6 is 11.8 Å². The second kappa shape index (κ2) is 8.69. The molecule has 25 heavy (non-hydrogen) atoms. The molecular formula is C18H25N3O3S. The summed E-state index contributed by atoms with van der Waals surface area (Å²) in [6.45, 7) is 3.90. The summed E-state index contributed by atoms with van der Waals surface area (Å²) >= 11 is 1.99. The van der Waals surface area contributed by atoms with E-state index in [1.807, 2.05) is 30.0 Å². The summed E-state index contributed by atoms with van der Waals surface area (Å²) in [6.07, 6.45) is 1.44. The second-order valence-corrected chi connectivity index (χ2v) is 7.83. The summed E-state index contributed by atoms with van der Waals surface area (Å²) in [7, 11) is 0. The van der Waals surface area contributed by atoms with E-state index in [1.54, 1.807) is 4.90 Å². The maximum atomic E-state index is 12.3. The molecule has 1 aromatic rings. The summed E-state index contributed by atoms with van der Waals surface area (Å²) < 4.78 is 0. The van der Waals surface area contributed by atoms with Crippen LogP contribution in [0.15, 0.2) is 24.3 Å². The number of benzene rings is 1. The Bertz CT molecular complexity index is 619. The lowest BCUT2D eigenvalue weighted by Crippen LogP contribution is -2.40. The molecule has 1 atom stereocenters. The average molecular weight is 363 g/mol. The van der Waals surface area contributed by atoms with Gasteiger partial charge in [0.1, 0.15) is 6.04 Å². The molecule has 0 aliphatic carbocycles. The fraction of sp³-hybridized carbons (Fsp3) is 0.556. The Kier molecular flexibility index (Phi) is 6.34. The van der Waals surface area contributed by atoms with E-state index in [1.165, 1.54) is 17.1 Å². The van der Waals surface area contributed by atoms with Crippen molar-refractivity contribution in [2.24, 2.45) is 0 Å². The van der Waals surface area contributed by atoms with Gasteiger partial charge in [0, 0.05) is 36.8 Å². The van der Waals surface area contributed by atoms with E-state index in [0.717, 1.165) is 31.7 Å². The van der Waals surface area contributed by atoms with E-state index in [-0.39, 0.29) is 12.5 Å². The average Bonchev–Trinajstić information content (AvgIpc) is 3.04. The standard InChI is InChI=1S/C18H25N3O3S/c22-17(13-21-6-2-5-16(21)18(23)24)19-15-4-1-3-14(11-15)12-20-7-9-25-10-8-20/h1,3-4,11,16H,2,5-10,12-13H2,(H,19,22)(H,23,24). The Balaban J connectivity index is 1.54.